The predicted octanol–water partition coefficient (Wildman–Crippen LogP) is 5.41. The minimum Gasteiger partial charge on any atom is -0.308 e. The summed E-state index contributed by atoms with van der Waals surface area (Å²) in [5.74, 6) is -0.241. The van der Waals surface area contributed by atoms with E-state index in [1.807, 2.05) is 36.4 Å². The van der Waals surface area contributed by atoms with Gasteiger partial charge in [-0.3, -0.25) is 9.80 Å². The number of nitrogens with zero attached hydrogens (tertiary/aromatic N) is 2. The summed E-state index contributed by atoms with van der Waals surface area (Å²) in [7, 11) is 0. The normalized spacial score (nSPS) is 17.5. The highest BCUT2D eigenvalue weighted by molar-refractivity contribution is 6.03. The summed E-state index contributed by atoms with van der Waals surface area (Å²) in [5.41, 5.74) is 3.66. The monoisotopic (exact) mass is 415 g/mol. The van der Waals surface area contributed by atoms with Gasteiger partial charge in [0.15, 0.2) is 0 Å². The van der Waals surface area contributed by atoms with Crippen molar-refractivity contribution < 1.29 is 9.18 Å². The van der Waals surface area contributed by atoms with Gasteiger partial charge in [-0.05, 0) is 67.4 Å². The highest BCUT2D eigenvalue weighted by Crippen LogP contribution is 2.47. The van der Waals surface area contributed by atoms with Gasteiger partial charge in [-0.1, -0.05) is 48.5 Å². The number of anilines is 2. The summed E-state index contributed by atoms with van der Waals surface area (Å²) in [6.45, 7) is 3.37. The van der Waals surface area contributed by atoms with Crippen LogP contribution in [0.2, 0.25) is 0 Å². The lowest BCUT2D eigenvalue weighted by Gasteiger charge is -2.40. The molecule has 1 fully saturated rings. The number of likely N-dealkylation sites (tertiary alicyclic amines) is 1. The third kappa shape index (κ3) is 3.93. The topological polar surface area (TPSA) is 35.6 Å². The molecule has 0 bridgehead atoms. The number of halogens is 1. The molecule has 2 aliphatic heterocycles. The van der Waals surface area contributed by atoms with Gasteiger partial charge in [-0.15, -0.1) is 0 Å². The molecule has 4 nitrogen and oxygen atoms in total. The number of para-hydroxylation sites is 1. The van der Waals surface area contributed by atoms with Crippen LogP contribution in [-0.2, 0) is 12.0 Å². The maximum absolute atomic E-state index is 14.2. The average molecular weight is 416 g/mol. The maximum atomic E-state index is 14.2. The van der Waals surface area contributed by atoms with E-state index in [0.29, 0.717) is 6.54 Å². The standard InChI is InChI=1S/C26H26FN3O/c27-21-11-12-24-23(17-21)26(19-30(24)25(31)28-22-9-5-2-6-10-22)13-15-29(16-14-26)18-20-7-3-1-4-8-20/h1-12,17H,13-16,18-19H2,(H,28,31). The number of benzene rings is 3. The molecule has 2 aliphatic rings. The number of amides is 2. The number of rotatable bonds is 3. The first-order chi connectivity index (χ1) is 15.1. The van der Waals surface area contributed by atoms with E-state index in [1.165, 1.54) is 11.6 Å². The van der Waals surface area contributed by atoms with Gasteiger partial charge in [-0.25, -0.2) is 9.18 Å². The molecule has 2 heterocycles. The molecule has 3 aromatic rings. The second-order valence-corrected chi connectivity index (χ2v) is 8.59. The Bertz CT molecular complexity index is 1060. The molecule has 0 aliphatic carbocycles. The van der Waals surface area contributed by atoms with Gasteiger partial charge in [0.25, 0.3) is 0 Å². The highest BCUT2D eigenvalue weighted by atomic mass is 19.1. The van der Waals surface area contributed by atoms with E-state index in [4.69, 9.17) is 0 Å². The fraction of sp³-hybridized carbons (Fsp3) is 0.269. The van der Waals surface area contributed by atoms with Crippen LogP contribution in [0.1, 0.15) is 24.0 Å². The fourth-order valence-corrected chi connectivity index (χ4v) is 4.94. The van der Waals surface area contributed by atoms with Gasteiger partial charge in [-0.2, -0.15) is 0 Å². The Morgan fingerprint density at radius 1 is 0.935 bits per heavy atom. The molecule has 3 aromatic carbocycles. The zero-order valence-corrected chi connectivity index (χ0v) is 17.4. The fourth-order valence-electron chi connectivity index (χ4n) is 4.94. The summed E-state index contributed by atoms with van der Waals surface area (Å²) in [4.78, 5) is 17.3. The van der Waals surface area contributed by atoms with Gasteiger partial charge in [0.05, 0.1) is 0 Å². The van der Waals surface area contributed by atoms with Gasteiger partial charge in [0.1, 0.15) is 5.82 Å². The van der Waals surface area contributed by atoms with E-state index in [-0.39, 0.29) is 17.3 Å². The Morgan fingerprint density at radius 2 is 1.61 bits per heavy atom. The van der Waals surface area contributed by atoms with E-state index in [1.54, 1.807) is 17.0 Å². The number of hydrogen-bond donors (Lipinski definition) is 1. The van der Waals surface area contributed by atoms with Crippen molar-refractivity contribution >= 4 is 17.4 Å². The van der Waals surface area contributed by atoms with Crippen LogP contribution in [0.3, 0.4) is 0 Å². The second-order valence-electron chi connectivity index (χ2n) is 8.59. The third-order valence-electron chi connectivity index (χ3n) is 6.61. The van der Waals surface area contributed by atoms with Crippen molar-refractivity contribution in [2.45, 2.75) is 24.8 Å². The van der Waals surface area contributed by atoms with E-state index in [9.17, 15) is 9.18 Å². The largest absolute Gasteiger partial charge is 0.326 e. The molecule has 1 saturated heterocycles. The Hall–Kier alpha value is -3.18. The molecule has 0 aromatic heterocycles. The number of piperidine rings is 1. The smallest absolute Gasteiger partial charge is 0.308 e. The molecule has 0 radical (unpaired) electrons. The van der Waals surface area contributed by atoms with Crippen molar-refractivity contribution in [3.63, 3.8) is 0 Å². The minimum atomic E-state index is -0.241. The third-order valence-corrected chi connectivity index (χ3v) is 6.61. The number of carbonyl (C=O) groups is 1. The van der Waals surface area contributed by atoms with Crippen LogP contribution in [-0.4, -0.2) is 30.6 Å². The number of fused-ring (bicyclic) bond motifs is 2. The van der Waals surface area contributed by atoms with Crippen molar-refractivity contribution in [2.24, 2.45) is 0 Å². The molecular weight excluding hydrogens is 389 g/mol. The van der Waals surface area contributed by atoms with Crippen LogP contribution in [0.4, 0.5) is 20.6 Å². The van der Waals surface area contributed by atoms with Crippen molar-refractivity contribution in [1.29, 1.82) is 0 Å². The summed E-state index contributed by atoms with van der Waals surface area (Å²) in [6, 6.07) is 24.6. The zero-order chi connectivity index (χ0) is 21.3. The molecule has 0 atom stereocenters. The molecule has 5 rings (SSSR count). The van der Waals surface area contributed by atoms with Gasteiger partial charge in [0.2, 0.25) is 0 Å². The highest BCUT2D eigenvalue weighted by Gasteiger charge is 2.46. The lowest BCUT2D eigenvalue weighted by atomic mass is 9.74. The van der Waals surface area contributed by atoms with Crippen molar-refractivity contribution in [1.82, 2.24) is 4.90 Å². The summed E-state index contributed by atoms with van der Waals surface area (Å²) < 4.78 is 14.2. The van der Waals surface area contributed by atoms with Crippen LogP contribution < -0.4 is 10.2 Å². The van der Waals surface area contributed by atoms with Gasteiger partial charge in [0, 0.05) is 29.9 Å². The predicted molar refractivity (Wildman–Crippen MR) is 122 cm³/mol. The summed E-state index contributed by atoms with van der Waals surface area (Å²) >= 11 is 0. The first kappa shape index (κ1) is 19.8. The molecule has 2 amide bonds. The SMILES string of the molecule is O=C(Nc1ccccc1)N1CC2(CCN(Cc3ccccc3)CC2)c2cc(F)ccc21. The number of nitrogens with one attached hydrogen (secondary N) is 1. The molecule has 1 spiro atoms. The lowest BCUT2D eigenvalue weighted by molar-refractivity contribution is 0.160. The number of hydrogen-bond acceptors (Lipinski definition) is 2. The average Bonchev–Trinajstić information content (AvgIpc) is 3.10. The Morgan fingerprint density at radius 3 is 2.32 bits per heavy atom. The van der Waals surface area contributed by atoms with E-state index in [0.717, 1.165) is 49.4 Å². The molecule has 158 valence electrons. The summed E-state index contributed by atoms with van der Waals surface area (Å²) in [5, 5.41) is 2.99. The maximum Gasteiger partial charge on any atom is 0.326 e. The molecular formula is C26H26FN3O. The van der Waals surface area contributed by atoms with Crippen molar-refractivity contribution in [2.75, 3.05) is 29.9 Å². The van der Waals surface area contributed by atoms with Crippen molar-refractivity contribution in [3.8, 4) is 0 Å². The Balaban J connectivity index is 1.35. The van der Waals surface area contributed by atoms with E-state index < -0.39 is 0 Å². The van der Waals surface area contributed by atoms with E-state index >= 15 is 0 Å². The molecule has 5 heteroatoms. The van der Waals surface area contributed by atoms with Crippen LogP contribution in [0.15, 0.2) is 78.9 Å². The zero-order valence-electron chi connectivity index (χ0n) is 17.4. The summed E-state index contributed by atoms with van der Waals surface area (Å²) in [6.07, 6.45) is 1.82. The quantitative estimate of drug-likeness (QED) is 0.621. The number of urea groups is 1. The number of carbonyl (C=O) groups excluding carboxylic acids is 1. The van der Waals surface area contributed by atoms with Crippen LogP contribution in [0, 0.1) is 5.82 Å². The lowest BCUT2D eigenvalue weighted by Crippen LogP contribution is -2.46. The Labute approximate surface area is 182 Å². The van der Waals surface area contributed by atoms with Crippen LogP contribution in [0.5, 0.6) is 0 Å². The molecule has 0 unspecified atom stereocenters. The molecule has 0 saturated carbocycles. The molecule has 31 heavy (non-hydrogen) atoms. The first-order valence-electron chi connectivity index (χ1n) is 10.8. The molecule has 1 N–H and O–H groups in total. The van der Waals surface area contributed by atoms with E-state index in [2.05, 4.69) is 34.5 Å². The van der Waals surface area contributed by atoms with Crippen molar-refractivity contribution in [3.05, 3.63) is 95.8 Å². The Kier molecular flexibility index (Phi) is 5.20. The second kappa shape index (κ2) is 8.16. The van der Waals surface area contributed by atoms with Gasteiger partial charge < -0.3 is 5.32 Å². The minimum absolute atomic E-state index is 0.164. The van der Waals surface area contributed by atoms with Crippen LogP contribution >= 0.6 is 0 Å². The van der Waals surface area contributed by atoms with Crippen LogP contribution in [0.25, 0.3) is 0 Å². The van der Waals surface area contributed by atoms with Gasteiger partial charge >= 0.3 is 6.03 Å². The first-order valence-corrected chi connectivity index (χ1v) is 10.8.